The van der Waals surface area contributed by atoms with Crippen molar-refractivity contribution in [1.29, 1.82) is 0 Å². The summed E-state index contributed by atoms with van der Waals surface area (Å²) < 4.78 is 7.39. The quantitative estimate of drug-likeness (QED) is 0.526. The van der Waals surface area contributed by atoms with Crippen LogP contribution in [0.2, 0.25) is 0 Å². The van der Waals surface area contributed by atoms with Crippen molar-refractivity contribution < 1.29 is 9.53 Å². The molecule has 2 aromatic carbocycles. The van der Waals surface area contributed by atoms with Gasteiger partial charge in [0.1, 0.15) is 11.5 Å². The number of para-hydroxylation sites is 1. The lowest BCUT2D eigenvalue weighted by atomic mass is 10.1. The zero-order valence-corrected chi connectivity index (χ0v) is 12.7. The van der Waals surface area contributed by atoms with Gasteiger partial charge in [0.05, 0.1) is 11.8 Å². The maximum absolute atomic E-state index is 12.0. The molecule has 114 valence electrons. The Labute approximate surface area is 134 Å². The first kappa shape index (κ1) is 14.8. The van der Waals surface area contributed by atoms with Gasteiger partial charge in [0.2, 0.25) is 0 Å². The fraction of sp³-hybridized carbons (Fsp3) is 0.0526. The molecule has 23 heavy (non-hydrogen) atoms. The molecule has 0 radical (unpaired) electrons. The molecule has 1 heterocycles. The van der Waals surface area contributed by atoms with Crippen molar-refractivity contribution in [2.24, 2.45) is 7.05 Å². The van der Waals surface area contributed by atoms with E-state index in [0.717, 1.165) is 17.1 Å². The van der Waals surface area contributed by atoms with Crippen LogP contribution in [0.5, 0.6) is 11.5 Å². The number of benzene rings is 2. The fourth-order valence-electron chi connectivity index (χ4n) is 2.12. The molecule has 0 unspecified atom stereocenters. The second-order valence-corrected chi connectivity index (χ2v) is 5.09. The molecule has 0 saturated carbocycles. The van der Waals surface area contributed by atoms with E-state index < -0.39 is 0 Å². The van der Waals surface area contributed by atoms with Crippen molar-refractivity contribution in [3.8, 4) is 11.5 Å². The number of carbonyl (C=O) groups is 1. The Kier molecular flexibility index (Phi) is 4.34. The van der Waals surface area contributed by atoms with Crippen molar-refractivity contribution in [2.45, 2.75) is 0 Å². The summed E-state index contributed by atoms with van der Waals surface area (Å²) in [6.07, 6.45) is 6.56. The largest absolute Gasteiger partial charge is 0.457 e. The van der Waals surface area contributed by atoms with Gasteiger partial charge in [0.15, 0.2) is 5.78 Å². The summed E-state index contributed by atoms with van der Waals surface area (Å²) in [6.45, 7) is 0. The molecule has 0 bridgehead atoms. The fourth-order valence-corrected chi connectivity index (χ4v) is 2.12. The molecule has 0 amide bonds. The van der Waals surface area contributed by atoms with Gasteiger partial charge >= 0.3 is 0 Å². The van der Waals surface area contributed by atoms with E-state index in [1.165, 1.54) is 0 Å². The highest BCUT2D eigenvalue weighted by molar-refractivity contribution is 6.06. The summed E-state index contributed by atoms with van der Waals surface area (Å²) in [6, 6.07) is 17.2. The molecule has 0 aliphatic rings. The maximum Gasteiger partial charge on any atom is 0.189 e. The lowest BCUT2D eigenvalue weighted by molar-refractivity contribution is 0.104. The molecule has 1 aromatic heterocycles. The van der Waals surface area contributed by atoms with Gasteiger partial charge in [-0.1, -0.05) is 36.4 Å². The Morgan fingerprint density at radius 1 is 1.09 bits per heavy atom. The summed E-state index contributed by atoms with van der Waals surface area (Å²) in [5.74, 6) is 1.43. The molecule has 3 rings (SSSR count). The Bertz CT molecular complexity index is 835. The third-order valence-corrected chi connectivity index (χ3v) is 3.25. The Hall–Kier alpha value is -3.14. The van der Waals surface area contributed by atoms with Crippen LogP contribution < -0.4 is 4.74 Å². The smallest absolute Gasteiger partial charge is 0.189 e. The topological polar surface area (TPSA) is 44.1 Å². The van der Waals surface area contributed by atoms with Crippen molar-refractivity contribution in [2.75, 3.05) is 0 Å². The lowest BCUT2D eigenvalue weighted by Gasteiger charge is -2.05. The first-order valence-electron chi connectivity index (χ1n) is 7.25. The zero-order valence-electron chi connectivity index (χ0n) is 12.7. The molecular weight excluding hydrogens is 288 g/mol. The number of rotatable bonds is 5. The molecule has 0 spiro atoms. The van der Waals surface area contributed by atoms with E-state index in [-0.39, 0.29) is 5.78 Å². The highest BCUT2D eigenvalue weighted by Crippen LogP contribution is 2.22. The summed E-state index contributed by atoms with van der Waals surface area (Å²) in [5, 5.41) is 4.00. The van der Waals surface area contributed by atoms with E-state index in [2.05, 4.69) is 5.10 Å². The number of aromatic nitrogens is 2. The van der Waals surface area contributed by atoms with Crippen LogP contribution in [-0.2, 0) is 7.05 Å². The van der Waals surface area contributed by atoms with Crippen molar-refractivity contribution >= 4 is 11.9 Å². The van der Waals surface area contributed by atoms with E-state index in [4.69, 9.17) is 4.74 Å². The van der Waals surface area contributed by atoms with Crippen molar-refractivity contribution in [1.82, 2.24) is 9.78 Å². The Morgan fingerprint density at radius 3 is 2.61 bits per heavy atom. The molecule has 0 atom stereocenters. The van der Waals surface area contributed by atoms with Gasteiger partial charge in [0, 0.05) is 13.2 Å². The van der Waals surface area contributed by atoms with Crippen LogP contribution in [0.15, 0.2) is 73.1 Å². The van der Waals surface area contributed by atoms with Crippen molar-refractivity contribution in [3.05, 3.63) is 84.2 Å². The number of nitrogens with zero attached hydrogens (tertiary/aromatic N) is 2. The van der Waals surface area contributed by atoms with Gasteiger partial charge in [-0.25, -0.2) is 0 Å². The third kappa shape index (κ3) is 3.95. The van der Waals surface area contributed by atoms with Gasteiger partial charge < -0.3 is 4.74 Å². The van der Waals surface area contributed by atoms with Gasteiger partial charge in [-0.05, 0) is 35.9 Å². The summed E-state index contributed by atoms with van der Waals surface area (Å²) in [7, 11) is 1.78. The minimum Gasteiger partial charge on any atom is -0.457 e. The zero-order chi connectivity index (χ0) is 16.1. The van der Waals surface area contributed by atoms with Crippen molar-refractivity contribution in [3.63, 3.8) is 0 Å². The van der Waals surface area contributed by atoms with Gasteiger partial charge in [0.25, 0.3) is 0 Å². The van der Waals surface area contributed by atoms with E-state index in [1.54, 1.807) is 36.3 Å². The number of ether oxygens (including phenoxy) is 1. The SMILES string of the molecule is Cn1cc(C(=O)C=Cc2cccc(Oc3ccccc3)c2)cn1. The molecule has 4 heteroatoms. The molecule has 0 fully saturated rings. The first-order valence-corrected chi connectivity index (χ1v) is 7.25. The first-order chi connectivity index (χ1) is 11.2. The van der Waals surface area contributed by atoms with E-state index in [9.17, 15) is 4.79 Å². The molecule has 0 aliphatic heterocycles. The predicted octanol–water partition coefficient (Wildman–Crippen LogP) is 4.11. The van der Waals surface area contributed by atoms with Crippen LogP contribution in [0.1, 0.15) is 15.9 Å². The molecule has 4 nitrogen and oxygen atoms in total. The summed E-state index contributed by atoms with van der Waals surface area (Å²) in [4.78, 5) is 12.0. The van der Waals surface area contributed by atoms with E-state index in [1.807, 2.05) is 54.6 Å². The number of aryl methyl sites for hydroxylation is 1. The average molecular weight is 304 g/mol. The van der Waals surface area contributed by atoms with Gasteiger partial charge in [-0.15, -0.1) is 0 Å². The van der Waals surface area contributed by atoms with Crippen LogP contribution >= 0.6 is 0 Å². The minimum atomic E-state index is -0.0764. The van der Waals surface area contributed by atoms with Crippen LogP contribution in [-0.4, -0.2) is 15.6 Å². The normalized spacial score (nSPS) is 10.8. The van der Waals surface area contributed by atoms with Crippen LogP contribution in [0.25, 0.3) is 6.08 Å². The highest BCUT2D eigenvalue weighted by Gasteiger charge is 2.04. The minimum absolute atomic E-state index is 0.0764. The van der Waals surface area contributed by atoms with E-state index >= 15 is 0 Å². The molecular formula is C19H16N2O2. The molecule has 0 aliphatic carbocycles. The van der Waals surface area contributed by atoms with Crippen LogP contribution in [0.4, 0.5) is 0 Å². The van der Waals surface area contributed by atoms with Gasteiger partial charge in [-0.2, -0.15) is 5.10 Å². The van der Waals surface area contributed by atoms with Crippen LogP contribution in [0.3, 0.4) is 0 Å². The predicted molar refractivity (Wildman–Crippen MR) is 89.5 cm³/mol. The molecule has 0 saturated heterocycles. The Balaban J connectivity index is 1.72. The number of carbonyl (C=O) groups excluding carboxylic acids is 1. The van der Waals surface area contributed by atoms with Gasteiger partial charge in [-0.3, -0.25) is 9.48 Å². The maximum atomic E-state index is 12.0. The Morgan fingerprint density at radius 2 is 1.87 bits per heavy atom. The standard InChI is InChI=1S/C19H16N2O2/c1-21-14-16(13-20-21)19(22)11-10-15-6-5-9-18(12-15)23-17-7-3-2-4-8-17/h2-14H,1H3. The monoisotopic (exact) mass is 304 g/mol. The lowest BCUT2D eigenvalue weighted by Crippen LogP contribution is -1.92. The number of ketones is 1. The van der Waals surface area contributed by atoms with E-state index in [0.29, 0.717) is 5.56 Å². The van der Waals surface area contributed by atoms with Crippen LogP contribution in [0, 0.1) is 0 Å². The second kappa shape index (κ2) is 6.75. The highest BCUT2D eigenvalue weighted by atomic mass is 16.5. The number of hydrogen-bond acceptors (Lipinski definition) is 3. The third-order valence-electron chi connectivity index (χ3n) is 3.25. The molecule has 3 aromatic rings. The number of allylic oxidation sites excluding steroid dienone is 1. The summed E-state index contributed by atoms with van der Waals surface area (Å²) in [5.41, 5.74) is 1.47. The summed E-state index contributed by atoms with van der Waals surface area (Å²) >= 11 is 0. The number of hydrogen-bond donors (Lipinski definition) is 0. The average Bonchev–Trinajstić information content (AvgIpc) is 3.01. The molecule has 0 N–H and O–H groups in total. The second-order valence-electron chi connectivity index (χ2n) is 5.09.